The first kappa shape index (κ1) is 14.9. The van der Waals surface area contributed by atoms with Crippen molar-refractivity contribution in [1.82, 2.24) is 10.6 Å². The molecular weight excluding hydrogens is 236 g/mol. The number of amides is 1. The summed E-state index contributed by atoms with van der Waals surface area (Å²) in [5.41, 5.74) is 0. The molecule has 1 aliphatic heterocycles. The first-order chi connectivity index (χ1) is 8.50. The zero-order valence-electron chi connectivity index (χ0n) is 10.9. The molecule has 3 N–H and O–H groups in total. The number of ether oxygens (including phenoxy) is 1. The highest BCUT2D eigenvalue weighted by Gasteiger charge is 2.24. The Morgan fingerprint density at radius 3 is 2.50 bits per heavy atom. The van der Waals surface area contributed by atoms with E-state index >= 15 is 0 Å². The van der Waals surface area contributed by atoms with Gasteiger partial charge in [-0.25, -0.2) is 4.79 Å². The van der Waals surface area contributed by atoms with Crippen LogP contribution >= 0.6 is 0 Å². The summed E-state index contributed by atoms with van der Waals surface area (Å²) in [6.45, 7) is 5.24. The van der Waals surface area contributed by atoms with Crippen LogP contribution in [0.25, 0.3) is 0 Å². The maximum atomic E-state index is 11.6. The average molecular weight is 258 g/mol. The molecule has 1 saturated heterocycles. The zero-order valence-corrected chi connectivity index (χ0v) is 10.9. The van der Waals surface area contributed by atoms with Gasteiger partial charge in [0.05, 0.1) is 6.10 Å². The molecule has 0 spiro atoms. The molecule has 1 amide bonds. The Labute approximate surface area is 107 Å². The minimum atomic E-state index is -1.01. The summed E-state index contributed by atoms with van der Waals surface area (Å²) in [4.78, 5) is 22.5. The maximum absolute atomic E-state index is 11.6. The Morgan fingerprint density at radius 2 is 2.00 bits per heavy atom. The lowest BCUT2D eigenvalue weighted by Crippen LogP contribution is -2.46. The van der Waals surface area contributed by atoms with Gasteiger partial charge in [-0.2, -0.15) is 0 Å². The van der Waals surface area contributed by atoms with Gasteiger partial charge in [-0.1, -0.05) is 13.8 Å². The van der Waals surface area contributed by atoms with Crippen LogP contribution in [0, 0.1) is 5.92 Å². The SMILES string of the molecule is CC(C)[C@H](NC(=O)COC1CCNCC1)C(=O)O. The summed E-state index contributed by atoms with van der Waals surface area (Å²) in [5, 5.41) is 14.6. The van der Waals surface area contributed by atoms with Crippen molar-refractivity contribution in [2.24, 2.45) is 5.92 Å². The largest absolute Gasteiger partial charge is 0.480 e. The van der Waals surface area contributed by atoms with Crippen molar-refractivity contribution in [3.8, 4) is 0 Å². The summed E-state index contributed by atoms with van der Waals surface area (Å²) in [6, 6.07) is -0.853. The smallest absolute Gasteiger partial charge is 0.326 e. The Balaban J connectivity index is 2.29. The Morgan fingerprint density at radius 1 is 1.39 bits per heavy atom. The summed E-state index contributed by atoms with van der Waals surface area (Å²) in [6.07, 6.45) is 1.87. The molecule has 0 aromatic heterocycles. The van der Waals surface area contributed by atoms with Crippen LogP contribution in [-0.2, 0) is 14.3 Å². The van der Waals surface area contributed by atoms with Crippen LogP contribution in [0.2, 0.25) is 0 Å². The standard InChI is InChI=1S/C12H22N2O4/c1-8(2)11(12(16)17)14-10(15)7-18-9-3-5-13-6-4-9/h8-9,11,13H,3-7H2,1-2H3,(H,14,15)(H,16,17)/t11-/m0/s1. The van der Waals surface area contributed by atoms with Gasteiger partial charge in [-0.3, -0.25) is 4.79 Å². The van der Waals surface area contributed by atoms with Crippen molar-refractivity contribution in [1.29, 1.82) is 0 Å². The number of carboxylic acid groups (broad SMARTS) is 1. The summed E-state index contributed by atoms with van der Waals surface area (Å²) >= 11 is 0. The highest BCUT2D eigenvalue weighted by molar-refractivity contribution is 5.84. The first-order valence-corrected chi connectivity index (χ1v) is 6.35. The number of carbonyl (C=O) groups excluding carboxylic acids is 1. The quantitative estimate of drug-likeness (QED) is 0.623. The third kappa shape index (κ3) is 5.01. The van der Waals surface area contributed by atoms with Crippen LogP contribution < -0.4 is 10.6 Å². The molecule has 6 nitrogen and oxygen atoms in total. The molecule has 1 heterocycles. The van der Waals surface area contributed by atoms with Gasteiger partial charge >= 0.3 is 5.97 Å². The second-order valence-corrected chi connectivity index (χ2v) is 4.89. The topological polar surface area (TPSA) is 87.7 Å². The molecule has 0 radical (unpaired) electrons. The Hall–Kier alpha value is -1.14. The molecule has 1 atom stereocenters. The van der Waals surface area contributed by atoms with Gasteiger partial charge in [0, 0.05) is 0 Å². The van der Waals surface area contributed by atoms with E-state index in [2.05, 4.69) is 10.6 Å². The molecule has 0 aromatic rings. The number of aliphatic carboxylic acids is 1. The number of hydrogen-bond donors (Lipinski definition) is 3. The fourth-order valence-electron chi connectivity index (χ4n) is 1.88. The molecular formula is C12H22N2O4. The summed E-state index contributed by atoms with van der Waals surface area (Å²) in [5.74, 6) is -1.53. The fourth-order valence-corrected chi connectivity index (χ4v) is 1.88. The number of carboxylic acids is 1. The molecule has 0 aromatic carbocycles. The van der Waals surface area contributed by atoms with Crippen molar-refractivity contribution >= 4 is 11.9 Å². The van der Waals surface area contributed by atoms with Gasteiger partial charge in [0.2, 0.25) is 5.91 Å². The van der Waals surface area contributed by atoms with Crippen LogP contribution in [0.4, 0.5) is 0 Å². The van der Waals surface area contributed by atoms with E-state index in [4.69, 9.17) is 9.84 Å². The van der Waals surface area contributed by atoms with Crippen LogP contribution in [0.3, 0.4) is 0 Å². The van der Waals surface area contributed by atoms with E-state index < -0.39 is 12.0 Å². The molecule has 18 heavy (non-hydrogen) atoms. The molecule has 0 unspecified atom stereocenters. The normalized spacial score (nSPS) is 18.6. The lowest BCUT2D eigenvalue weighted by atomic mass is 10.1. The van der Waals surface area contributed by atoms with E-state index in [9.17, 15) is 9.59 Å². The number of rotatable bonds is 6. The van der Waals surface area contributed by atoms with Crippen LogP contribution in [0.1, 0.15) is 26.7 Å². The highest BCUT2D eigenvalue weighted by Crippen LogP contribution is 2.07. The van der Waals surface area contributed by atoms with Gasteiger partial charge in [-0.05, 0) is 31.8 Å². The molecule has 6 heteroatoms. The van der Waals surface area contributed by atoms with E-state index in [0.29, 0.717) is 0 Å². The van der Waals surface area contributed by atoms with Crippen molar-refractivity contribution < 1.29 is 19.4 Å². The third-order valence-corrected chi connectivity index (χ3v) is 2.99. The van der Waals surface area contributed by atoms with E-state index in [-0.39, 0.29) is 24.5 Å². The lowest BCUT2D eigenvalue weighted by molar-refractivity contribution is -0.144. The van der Waals surface area contributed by atoms with Gasteiger partial charge < -0.3 is 20.5 Å². The average Bonchev–Trinajstić information content (AvgIpc) is 2.34. The first-order valence-electron chi connectivity index (χ1n) is 6.35. The molecule has 0 bridgehead atoms. The van der Waals surface area contributed by atoms with E-state index in [1.807, 2.05) is 0 Å². The molecule has 1 fully saturated rings. The predicted octanol–water partition coefficient (Wildman–Crippen LogP) is -0.0196. The molecule has 0 saturated carbocycles. The van der Waals surface area contributed by atoms with Gasteiger partial charge in [0.15, 0.2) is 0 Å². The van der Waals surface area contributed by atoms with Crippen molar-refractivity contribution in [2.75, 3.05) is 19.7 Å². The minimum absolute atomic E-state index is 0.0683. The van der Waals surface area contributed by atoms with Crippen molar-refractivity contribution in [3.63, 3.8) is 0 Å². The van der Waals surface area contributed by atoms with Crippen molar-refractivity contribution in [2.45, 2.75) is 38.8 Å². The van der Waals surface area contributed by atoms with Crippen LogP contribution in [0.5, 0.6) is 0 Å². The van der Waals surface area contributed by atoms with Crippen LogP contribution in [-0.4, -0.2) is 48.8 Å². The second kappa shape index (κ2) is 7.33. The highest BCUT2D eigenvalue weighted by atomic mass is 16.5. The zero-order chi connectivity index (χ0) is 13.5. The Bertz CT molecular complexity index is 288. The molecule has 1 rings (SSSR count). The van der Waals surface area contributed by atoms with E-state index in [0.717, 1.165) is 25.9 Å². The third-order valence-electron chi connectivity index (χ3n) is 2.99. The number of nitrogens with one attached hydrogen (secondary N) is 2. The van der Waals surface area contributed by atoms with Gasteiger partial charge in [0.25, 0.3) is 0 Å². The summed E-state index contributed by atoms with van der Waals surface area (Å²) < 4.78 is 5.46. The van der Waals surface area contributed by atoms with Gasteiger partial charge in [0.1, 0.15) is 12.6 Å². The minimum Gasteiger partial charge on any atom is -0.480 e. The number of piperidine rings is 1. The van der Waals surface area contributed by atoms with Crippen molar-refractivity contribution in [3.05, 3.63) is 0 Å². The molecule has 0 aliphatic carbocycles. The fraction of sp³-hybridized carbons (Fsp3) is 0.833. The monoisotopic (exact) mass is 258 g/mol. The molecule has 1 aliphatic rings. The van der Waals surface area contributed by atoms with Gasteiger partial charge in [-0.15, -0.1) is 0 Å². The van der Waals surface area contributed by atoms with E-state index in [1.54, 1.807) is 13.8 Å². The number of hydrogen-bond acceptors (Lipinski definition) is 4. The Kier molecular flexibility index (Phi) is 6.07. The predicted molar refractivity (Wildman–Crippen MR) is 66.2 cm³/mol. The van der Waals surface area contributed by atoms with E-state index in [1.165, 1.54) is 0 Å². The second-order valence-electron chi connectivity index (χ2n) is 4.89. The maximum Gasteiger partial charge on any atom is 0.326 e. The molecule has 104 valence electrons. The van der Waals surface area contributed by atoms with Crippen LogP contribution in [0.15, 0.2) is 0 Å². The number of carbonyl (C=O) groups is 2. The summed E-state index contributed by atoms with van der Waals surface area (Å²) in [7, 11) is 0. The lowest BCUT2D eigenvalue weighted by Gasteiger charge is -2.23.